The molecule has 0 aromatic carbocycles. The summed E-state index contributed by atoms with van der Waals surface area (Å²) in [6, 6.07) is 2.02. The van der Waals surface area contributed by atoms with Crippen molar-refractivity contribution in [1.82, 2.24) is 9.97 Å². The summed E-state index contributed by atoms with van der Waals surface area (Å²) >= 11 is 4.69. The van der Waals surface area contributed by atoms with Gasteiger partial charge in [0.05, 0.1) is 10.7 Å². The molecule has 1 aliphatic rings. The molecule has 1 aromatic rings. The van der Waals surface area contributed by atoms with Crippen LogP contribution < -0.4 is 4.90 Å². The van der Waals surface area contributed by atoms with Crippen molar-refractivity contribution in [3.63, 3.8) is 0 Å². The van der Waals surface area contributed by atoms with Crippen LogP contribution in [0.2, 0.25) is 0 Å². The molecule has 0 saturated carbocycles. The van der Waals surface area contributed by atoms with Crippen LogP contribution in [0.1, 0.15) is 25.5 Å². The maximum absolute atomic E-state index is 4.69. The Kier molecular flexibility index (Phi) is 3.50. The smallest absolute Gasteiger partial charge is 0.132 e. The van der Waals surface area contributed by atoms with Crippen molar-refractivity contribution in [3.05, 3.63) is 18.1 Å². The van der Waals surface area contributed by atoms with Crippen molar-refractivity contribution in [2.75, 3.05) is 18.0 Å². The molecule has 4 nitrogen and oxygen atoms in total. The minimum absolute atomic E-state index is 0.0413. The van der Waals surface area contributed by atoms with Crippen molar-refractivity contribution in [2.45, 2.75) is 32.2 Å². The number of aliphatic imine (C=N–C) groups is 1. The molecule has 0 aliphatic carbocycles. The van der Waals surface area contributed by atoms with E-state index in [1.807, 2.05) is 13.0 Å². The minimum Gasteiger partial charge on any atom is -0.356 e. The fourth-order valence-electron chi connectivity index (χ4n) is 2.05. The Morgan fingerprint density at radius 3 is 2.71 bits per heavy atom. The summed E-state index contributed by atoms with van der Waals surface area (Å²) in [5, 5.41) is 2.51. The molecule has 1 fully saturated rings. The second kappa shape index (κ2) is 4.90. The number of thiocarbonyl (C=S) groups is 1. The van der Waals surface area contributed by atoms with E-state index in [-0.39, 0.29) is 5.54 Å². The lowest BCUT2D eigenvalue weighted by Gasteiger charge is -2.36. The number of piperidine rings is 1. The van der Waals surface area contributed by atoms with Crippen LogP contribution in [-0.2, 0) is 0 Å². The van der Waals surface area contributed by atoms with E-state index in [9.17, 15) is 0 Å². The van der Waals surface area contributed by atoms with Crippen molar-refractivity contribution in [3.8, 4) is 0 Å². The van der Waals surface area contributed by atoms with Crippen LogP contribution in [0.25, 0.3) is 0 Å². The normalized spacial score (nSPS) is 18.6. The molecule has 1 saturated heterocycles. The van der Waals surface area contributed by atoms with Crippen molar-refractivity contribution in [1.29, 1.82) is 0 Å². The molecule has 0 atom stereocenters. The van der Waals surface area contributed by atoms with Crippen LogP contribution in [0.15, 0.2) is 17.4 Å². The monoisotopic (exact) mass is 248 g/mol. The van der Waals surface area contributed by atoms with Gasteiger partial charge in [0.15, 0.2) is 0 Å². The molecule has 1 aliphatic heterocycles. The van der Waals surface area contributed by atoms with Gasteiger partial charge in [0.1, 0.15) is 12.1 Å². The number of rotatable bonds is 2. The van der Waals surface area contributed by atoms with Gasteiger partial charge >= 0.3 is 0 Å². The predicted octanol–water partition coefficient (Wildman–Crippen LogP) is 2.25. The van der Waals surface area contributed by atoms with Gasteiger partial charge in [-0.15, -0.1) is 0 Å². The zero-order chi connectivity index (χ0) is 12.3. The standard InChI is InChI=1S/C12H16N4S/c1-10-7-11(14-8-13-10)16-5-3-12(2,4-6-16)15-9-17/h7-8H,3-6H2,1-2H3. The average Bonchev–Trinajstić information content (AvgIpc) is 2.30. The van der Waals surface area contributed by atoms with Crippen LogP contribution in [0.5, 0.6) is 0 Å². The van der Waals surface area contributed by atoms with E-state index in [1.54, 1.807) is 6.33 Å². The highest BCUT2D eigenvalue weighted by molar-refractivity contribution is 7.78. The highest BCUT2D eigenvalue weighted by atomic mass is 32.1. The van der Waals surface area contributed by atoms with Crippen LogP contribution in [0, 0.1) is 6.92 Å². The first-order valence-electron chi connectivity index (χ1n) is 5.76. The van der Waals surface area contributed by atoms with E-state index in [0.717, 1.165) is 37.4 Å². The fraction of sp³-hybridized carbons (Fsp3) is 0.583. The van der Waals surface area contributed by atoms with Crippen LogP contribution in [0.4, 0.5) is 5.82 Å². The topological polar surface area (TPSA) is 41.4 Å². The number of hydrogen-bond donors (Lipinski definition) is 0. The lowest BCUT2D eigenvalue weighted by Crippen LogP contribution is -2.41. The van der Waals surface area contributed by atoms with Gasteiger partial charge < -0.3 is 4.90 Å². The molecule has 90 valence electrons. The lowest BCUT2D eigenvalue weighted by atomic mass is 9.90. The largest absolute Gasteiger partial charge is 0.356 e. The number of nitrogens with zero attached hydrogens (tertiary/aromatic N) is 4. The van der Waals surface area contributed by atoms with Crippen LogP contribution in [-0.4, -0.2) is 33.8 Å². The maximum atomic E-state index is 4.69. The van der Waals surface area contributed by atoms with Gasteiger partial charge in [0, 0.05) is 24.8 Å². The van der Waals surface area contributed by atoms with Crippen molar-refractivity contribution < 1.29 is 0 Å². The Balaban J connectivity index is 2.07. The Labute approximate surface area is 107 Å². The van der Waals surface area contributed by atoms with E-state index >= 15 is 0 Å². The molecule has 2 rings (SSSR count). The van der Waals surface area contributed by atoms with Gasteiger partial charge in [-0.2, -0.15) is 0 Å². The Morgan fingerprint density at radius 1 is 1.41 bits per heavy atom. The molecule has 0 bridgehead atoms. The quantitative estimate of drug-likeness (QED) is 0.594. The molecule has 2 heterocycles. The molecular weight excluding hydrogens is 232 g/mol. The first-order chi connectivity index (χ1) is 8.13. The Hall–Kier alpha value is -1.32. The van der Waals surface area contributed by atoms with Crippen LogP contribution in [0.3, 0.4) is 0 Å². The molecule has 1 aromatic heterocycles. The lowest BCUT2D eigenvalue weighted by molar-refractivity contribution is 0.368. The number of anilines is 1. The van der Waals surface area contributed by atoms with E-state index in [1.165, 1.54) is 0 Å². The third-order valence-electron chi connectivity index (χ3n) is 3.27. The molecule has 0 spiro atoms. The molecule has 0 unspecified atom stereocenters. The van der Waals surface area contributed by atoms with E-state index in [2.05, 4.69) is 31.9 Å². The second-order valence-electron chi connectivity index (χ2n) is 4.70. The van der Waals surface area contributed by atoms with Gasteiger partial charge in [0.25, 0.3) is 0 Å². The zero-order valence-corrected chi connectivity index (χ0v) is 11.0. The fourth-order valence-corrected chi connectivity index (χ4v) is 2.27. The summed E-state index contributed by atoms with van der Waals surface area (Å²) in [5.41, 5.74) is 0.959. The molecule has 5 heteroatoms. The minimum atomic E-state index is -0.0413. The zero-order valence-electron chi connectivity index (χ0n) is 10.2. The third kappa shape index (κ3) is 2.87. The molecule has 17 heavy (non-hydrogen) atoms. The van der Waals surface area contributed by atoms with E-state index in [0.29, 0.717) is 0 Å². The molecule has 0 amide bonds. The maximum Gasteiger partial charge on any atom is 0.132 e. The summed E-state index contributed by atoms with van der Waals surface area (Å²) in [5.74, 6) is 1.01. The predicted molar refractivity (Wildman–Crippen MR) is 71.6 cm³/mol. The van der Waals surface area contributed by atoms with Crippen molar-refractivity contribution in [2.24, 2.45) is 4.99 Å². The first kappa shape index (κ1) is 12.1. The van der Waals surface area contributed by atoms with Gasteiger partial charge in [-0.3, -0.25) is 0 Å². The summed E-state index contributed by atoms with van der Waals surface area (Å²) in [4.78, 5) is 15.0. The Bertz CT molecular complexity index is 446. The summed E-state index contributed by atoms with van der Waals surface area (Å²) in [7, 11) is 0. The SMILES string of the molecule is Cc1cc(N2CCC(C)(N=C=S)CC2)ncn1. The average molecular weight is 248 g/mol. The second-order valence-corrected chi connectivity index (χ2v) is 4.89. The van der Waals surface area contributed by atoms with Gasteiger partial charge in [-0.25, -0.2) is 15.0 Å². The van der Waals surface area contributed by atoms with E-state index in [4.69, 9.17) is 12.2 Å². The molecule has 0 radical (unpaired) electrons. The third-order valence-corrected chi connectivity index (χ3v) is 3.36. The summed E-state index contributed by atoms with van der Waals surface area (Å²) in [6.07, 6.45) is 3.59. The Morgan fingerprint density at radius 2 is 2.12 bits per heavy atom. The highest BCUT2D eigenvalue weighted by Crippen LogP contribution is 2.27. The van der Waals surface area contributed by atoms with Gasteiger partial charge in [-0.1, -0.05) is 0 Å². The summed E-state index contributed by atoms with van der Waals surface area (Å²) in [6.45, 7) is 6.02. The summed E-state index contributed by atoms with van der Waals surface area (Å²) < 4.78 is 0. The first-order valence-corrected chi connectivity index (χ1v) is 6.16. The van der Waals surface area contributed by atoms with Gasteiger partial charge in [-0.05, 0) is 38.9 Å². The van der Waals surface area contributed by atoms with E-state index < -0.39 is 0 Å². The number of aromatic nitrogens is 2. The number of hydrogen-bond acceptors (Lipinski definition) is 5. The molecular formula is C12H16N4S. The molecule has 0 N–H and O–H groups in total. The van der Waals surface area contributed by atoms with Gasteiger partial charge in [0.2, 0.25) is 0 Å². The number of isothiocyanates is 1. The highest BCUT2D eigenvalue weighted by Gasteiger charge is 2.29. The van der Waals surface area contributed by atoms with Crippen LogP contribution >= 0.6 is 12.2 Å². The van der Waals surface area contributed by atoms with Crippen molar-refractivity contribution >= 4 is 23.2 Å². The number of aryl methyl sites for hydroxylation is 1.